The van der Waals surface area contributed by atoms with Crippen LogP contribution in [0.1, 0.15) is 32.8 Å². The van der Waals surface area contributed by atoms with Crippen molar-refractivity contribution >= 4 is 17.0 Å². The van der Waals surface area contributed by atoms with Gasteiger partial charge in [-0.05, 0) is 49.1 Å². The lowest BCUT2D eigenvalue weighted by Crippen LogP contribution is -2.45. The molecule has 1 aromatic heterocycles. The van der Waals surface area contributed by atoms with Gasteiger partial charge in [0.15, 0.2) is 5.58 Å². The van der Waals surface area contributed by atoms with Crippen molar-refractivity contribution in [1.29, 1.82) is 0 Å². The molecule has 0 aliphatic heterocycles. The van der Waals surface area contributed by atoms with Crippen molar-refractivity contribution in [2.75, 3.05) is 6.54 Å². The Morgan fingerprint density at radius 2 is 1.83 bits per heavy atom. The Bertz CT molecular complexity index is 1020. The summed E-state index contributed by atoms with van der Waals surface area (Å²) in [6, 6.07) is 13.6. The van der Waals surface area contributed by atoms with Crippen molar-refractivity contribution in [3.05, 3.63) is 70.5 Å². The normalized spacial score (nSPS) is 12.4. The lowest BCUT2D eigenvalue weighted by Gasteiger charge is -2.34. The molecule has 0 radical (unpaired) electrons. The van der Waals surface area contributed by atoms with Crippen LogP contribution in [-0.2, 0) is 17.8 Å². The minimum atomic E-state index is -0.450. The van der Waals surface area contributed by atoms with Crippen LogP contribution in [0.2, 0.25) is 0 Å². The fraction of sp³-hybridized carbons (Fsp3) is 0.391. The first-order valence-electron chi connectivity index (χ1n) is 10.0. The number of amides is 1. The molecular formula is C23H27FN2O3. The number of carbonyl (C=O) groups excluding carboxylic acids is 1. The summed E-state index contributed by atoms with van der Waals surface area (Å²) in [5.41, 5.74) is 2.21. The van der Waals surface area contributed by atoms with E-state index < -0.39 is 5.76 Å². The monoisotopic (exact) mass is 398 g/mol. The smallest absolute Gasteiger partial charge is 0.408 e. The molecule has 1 atom stereocenters. The summed E-state index contributed by atoms with van der Waals surface area (Å²) in [4.78, 5) is 27.0. The van der Waals surface area contributed by atoms with Gasteiger partial charge in [0.1, 0.15) is 5.82 Å². The summed E-state index contributed by atoms with van der Waals surface area (Å²) in [5, 5.41) is 0. The molecule has 0 aliphatic carbocycles. The van der Waals surface area contributed by atoms with E-state index in [9.17, 15) is 14.0 Å². The second-order valence-electron chi connectivity index (χ2n) is 7.56. The largest absolute Gasteiger partial charge is 0.419 e. The zero-order valence-electron chi connectivity index (χ0n) is 17.1. The molecule has 6 heteroatoms. The van der Waals surface area contributed by atoms with Gasteiger partial charge in [0.25, 0.3) is 0 Å². The lowest BCUT2D eigenvalue weighted by molar-refractivity contribution is -0.134. The SMILES string of the molecule is CCN(C(=O)CCn1c(=O)oc2ccccc21)C(Cc1ccc(F)cc1)C(C)C. The van der Waals surface area contributed by atoms with Crippen LogP contribution in [0.25, 0.3) is 11.1 Å². The summed E-state index contributed by atoms with van der Waals surface area (Å²) >= 11 is 0. The van der Waals surface area contributed by atoms with Gasteiger partial charge in [-0.25, -0.2) is 9.18 Å². The van der Waals surface area contributed by atoms with Crippen molar-refractivity contribution in [1.82, 2.24) is 9.47 Å². The second-order valence-corrected chi connectivity index (χ2v) is 7.56. The topological polar surface area (TPSA) is 55.5 Å². The zero-order valence-corrected chi connectivity index (χ0v) is 17.1. The molecule has 1 unspecified atom stereocenters. The van der Waals surface area contributed by atoms with Crippen molar-refractivity contribution in [2.45, 2.75) is 46.2 Å². The number of hydrogen-bond acceptors (Lipinski definition) is 3. The number of hydrogen-bond donors (Lipinski definition) is 0. The Hall–Kier alpha value is -2.89. The van der Waals surface area contributed by atoms with Crippen LogP contribution in [0.4, 0.5) is 4.39 Å². The highest BCUT2D eigenvalue weighted by atomic mass is 19.1. The number of fused-ring (bicyclic) bond motifs is 1. The Morgan fingerprint density at radius 1 is 1.14 bits per heavy atom. The molecule has 154 valence electrons. The van der Waals surface area contributed by atoms with Crippen molar-refractivity contribution in [3.63, 3.8) is 0 Å². The number of benzene rings is 2. The van der Waals surface area contributed by atoms with Crippen molar-refractivity contribution in [2.24, 2.45) is 5.92 Å². The Morgan fingerprint density at radius 3 is 2.48 bits per heavy atom. The summed E-state index contributed by atoms with van der Waals surface area (Å²) in [6.07, 6.45) is 0.871. The first-order valence-corrected chi connectivity index (χ1v) is 10.0. The van der Waals surface area contributed by atoms with Gasteiger partial charge in [-0.2, -0.15) is 0 Å². The molecule has 0 bridgehead atoms. The van der Waals surface area contributed by atoms with Crippen molar-refractivity contribution < 1.29 is 13.6 Å². The quantitative estimate of drug-likeness (QED) is 0.570. The van der Waals surface area contributed by atoms with E-state index in [2.05, 4.69) is 13.8 Å². The summed E-state index contributed by atoms with van der Waals surface area (Å²) in [6.45, 7) is 6.96. The van der Waals surface area contributed by atoms with E-state index in [-0.39, 0.29) is 36.6 Å². The van der Waals surface area contributed by atoms with Gasteiger partial charge in [-0.1, -0.05) is 38.1 Å². The Kier molecular flexibility index (Phi) is 6.52. The maximum atomic E-state index is 13.2. The average molecular weight is 398 g/mol. The van der Waals surface area contributed by atoms with Crippen molar-refractivity contribution in [3.8, 4) is 0 Å². The van der Waals surface area contributed by atoms with Gasteiger partial charge in [0, 0.05) is 25.6 Å². The van der Waals surface area contributed by atoms with Crippen LogP contribution in [0.3, 0.4) is 0 Å². The first-order chi connectivity index (χ1) is 13.9. The van der Waals surface area contributed by atoms with E-state index in [0.29, 0.717) is 24.1 Å². The number of aryl methyl sites for hydroxylation is 1. The average Bonchev–Trinajstić information content (AvgIpc) is 3.02. The Balaban J connectivity index is 1.74. The van der Waals surface area contributed by atoms with Crippen LogP contribution in [0.5, 0.6) is 0 Å². The van der Waals surface area contributed by atoms with E-state index in [1.165, 1.54) is 16.7 Å². The molecule has 0 N–H and O–H groups in total. The third-order valence-electron chi connectivity index (χ3n) is 5.31. The first kappa shape index (κ1) is 20.8. The molecule has 3 aromatic rings. The van der Waals surface area contributed by atoms with E-state index >= 15 is 0 Å². The number of halogens is 1. The van der Waals surface area contributed by atoms with E-state index in [0.717, 1.165) is 5.56 Å². The molecule has 5 nitrogen and oxygen atoms in total. The fourth-order valence-corrected chi connectivity index (χ4v) is 3.74. The highest BCUT2D eigenvalue weighted by Gasteiger charge is 2.25. The molecule has 1 heterocycles. The van der Waals surface area contributed by atoms with E-state index in [4.69, 9.17) is 4.42 Å². The molecule has 29 heavy (non-hydrogen) atoms. The number of para-hydroxylation sites is 2. The fourth-order valence-electron chi connectivity index (χ4n) is 3.74. The number of likely N-dealkylation sites (N-methyl/N-ethyl adjacent to an activating group) is 1. The van der Waals surface area contributed by atoms with Gasteiger partial charge in [0.2, 0.25) is 5.91 Å². The van der Waals surface area contributed by atoms with Crippen LogP contribution in [0, 0.1) is 11.7 Å². The second kappa shape index (κ2) is 9.07. The summed E-state index contributed by atoms with van der Waals surface area (Å²) in [5.74, 6) is -0.489. The molecule has 0 saturated heterocycles. The summed E-state index contributed by atoms with van der Waals surface area (Å²) in [7, 11) is 0. The minimum Gasteiger partial charge on any atom is -0.408 e. The standard InChI is InChI=1S/C23H27FN2O3/c1-4-25(20(16(2)3)15-17-9-11-18(24)12-10-17)22(27)13-14-26-19-7-5-6-8-21(19)29-23(26)28/h5-12,16,20H,4,13-15H2,1-3H3. The van der Waals surface area contributed by atoms with Gasteiger partial charge in [-0.3, -0.25) is 9.36 Å². The predicted octanol–water partition coefficient (Wildman–Crippen LogP) is 4.24. The van der Waals surface area contributed by atoms with Gasteiger partial charge < -0.3 is 9.32 Å². The molecular weight excluding hydrogens is 371 g/mol. The molecule has 0 spiro atoms. The van der Waals surface area contributed by atoms with Gasteiger partial charge in [-0.15, -0.1) is 0 Å². The van der Waals surface area contributed by atoms with Crippen LogP contribution in [0.15, 0.2) is 57.7 Å². The van der Waals surface area contributed by atoms with Crippen LogP contribution >= 0.6 is 0 Å². The molecule has 0 fully saturated rings. The maximum absolute atomic E-state index is 13.2. The highest BCUT2D eigenvalue weighted by Crippen LogP contribution is 2.19. The maximum Gasteiger partial charge on any atom is 0.419 e. The lowest BCUT2D eigenvalue weighted by atomic mass is 9.94. The number of nitrogens with zero attached hydrogens (tertiary/aromatic N) is 2. The van der Waals surface area contributed by atoms with Gasteiger partial charge >= 0.3 is 5.76 Å². The molecule has 3 rings (SSSR count). The van der Waals surface area contributed by atoms with Gasteiger partial charge in [0.05, 0.1) is 5.52 Å². The third kappa shape index (κ3) is 4.75. The molecule has 1 amide bonds. The predicted molar refractivity (Wildman–Crippen MR) is 111 cm³/mol. The number of aromatic nitrogens is 1. The minimum absolute atomic E-state index is 0.00391. The third-order valence-corrected chi connectivity index (χ3v) is 5.31. The Labute approximate surface area is 169 Å². The van der Waals surface area contributed by atoms with Crippen LogP contribution < -0.4 is 5.76 Å². The highest BCUT2D eigenvalue weighted by molar-refractivity contribution is 5.77. The summed E-state index contributed by atoms with van der Waals surface area (Å²) < 4.78 is 20.0. The van der Waals surface area contributed by atoms with Crippen LogP contribution in [-0.4, -0.2) is 28.0 Å². The zero-order chi connectivity index (χ0) is 21.0. The van der Waals surface area contributed by atoms with E-state index in [1.54, 1.807) is 18.2 Å². The molecule has 2 aromatic carbocycles. The number of oxazole rings is 1. The molecule has 0 aliphatic rings. The number of carbonyl (C=O) groups is 1. The van der Waals surface area contributed by atoms with E-state index in [1.807, 2.05) is 30.0 Å². The molecule has 0 saturated carbocycles. The number of rotatable bonds is 8.